The number of ketones is 1. The molecule has 0 unspecified atom stereocenters. The van der Waals surface area contributed by atoms with Crippen LogP contribution in [0, 0.1) is 5.92 Å². The van der Waals surface area contributed by atoms with Crippen molar-refractivity contribution in [1.29, 1.82) is 0 Å². The second-order valence-corrected chi connectivity index (χ2v) is 12.1. The number of Topliss-reactive ketones (excluding diaryl/α,β-unsaturated/α-hetero) is 1. The number of carbonyl (C=O) groups excluding carboxylic acids is 3. The van der Waals surface area contributed by atoms with Crippen molar-refractivity contribution in [3.63, 3.8) is 0 Å². The fourth-order valence-electron chi connectivity index (χ4n) is 5.24. The first kappa shape index (κ1) is 39.8. The van der Waals surface area contributed by atoms with Gasteiger partial charge in [0.25, 0.3) is 0 Å². The van der Waals surface area contributed by atoms with Gasteiger partial charge in [-0.2, -0.15) is 0 Å². The maximum absolute atomic E-state index is 13.4. The fourth-order valence-corrected chi connectivity index (χ4v) is 5.24. The Balaban J connectivity index is 2.75. The van der Waals surface area contributed by atoms with Gasteiger partial charge in [0, 0.05) is 19.3 Å². The summed E-state index contributed by atoms with van der Waals surface area (Å²) in [6.07, 6.45) is 16.4. The summed E-state index contributed by atoms with van der Waals surface area (Å²) in [5, 5.41) is 23.6. The van der Waals surface area contributed by atoms with Crippen LogP contribution in [0.1, 0.15) is 129 Å². The third-order valence-electron chi connectivity index (χ3n) is 8.05. The third kappa shape index (κ3) is 16.1. The van der Waals surface area contributed by atoms with Crippen LogP contribution in [0.2, 0.25) is 0 Å². The number of rotatable bonds is 27. The smallest absolute Gasteiger partial charge is 0.336 e. The molecule has 9 heteroatoms. The first-order valence-corrected chi connectivity index (χ1v) is 17.0. The van der Waals surface area contributed by atoms with E-state index in [1.807, 2.05) is 0 Å². The highest BCUT2D eigenvalue weighted by Gasteiger charge is 2.46. The lowest BCUT2D eigenvalue weighted by Crippen LogP contribution is -2.55. The van der Waals surface area contributed by atoms with Gasteiger partial charge in [-0.3, -0.25) is 14.4 Å². The fraction of sp³-hybridized carbons (Fsp3) is 0.667. The van der Waals surface area contributed by atoms with Gasteiger partial charge in [-0.1, -0.05) is 96.4 Å². The molecule has 5 N–H and O–H groups in total. The van der Waals surface area contributed by atoms with E-state index >= 15 is 0 Å². The second kappa shape index (κ2) is 23.2. The molecule has 0 aliphatic rings. The zero-order chi connectivity index (χ0) is 33.5. The standard InChI is InChI=1S/C36H58N2O7/c1-4-7-9-12-15-18-29(39)19-16-13-10-11-14-17-20-31(36(44,25-6-3)35(42)43)34(41)38-32(33(37)40)27-28-21-23-30(24-22-28)45-26-8-5-2/h17,20-24,31-32,44H,4-16,18-19,25-27H2,1-3H3,(H2,37,40)(H,38,41)(H,42,43)/t31-,32+,36+/m1/s1. The molecule has 0 saturated heterocycles. The van der Waals surface area contributed by atoms with Gasteiger partial charge in [-0.15, -0.1) is 0 Å². The number of nitrogens with one attached hydrogen (secondary N) is 1. The maximum Gasteiger partial charge on any atom is 0.336 e. The van der Waals surface area contributed by atoms with Crippen LogP contribution in [0.4, 0.5) is 0 Å². The summed E-state index contributed by atoms with van der Waals surface area (Å²) < 4.78 is 5.67. The van der Waals surface area contributed by atoms with Crippen molar-refractivity contribution in [3.05, 3.63) is 42.0 Å². The van der Waals surface area contributed by atoms with Gasteiger partial charge >= 0.3 is 5.97 Å². The molecule has 1 aromatic carbocycles. The minimum absolute atomic E-state index is 0.105. The Hall–Kier alpha value is -3.20. The van der Waals surface area contributed by atoms with Gasteiger partial charge in [-0.05, 0) is 56.2 Å². The van der Waals surface area contributed by atoms with Crippen molar-refractivity contribution in [1.82, 2.24) is 5.32 Å². The number of amides is 2. The maximum atomic E-state index is 13.4. The monoisotopic (exact) mass is 630 g/mol. The summed E-state index contributed by atoms with van der Waals surface area (Å²) in [6.45, 7) is 6.59. The molecule has 1 aromatic rings. The second-order valence-electron chi connectivity index (χ2n) is 12.1. The minimum atomic E-state index is -2.34. The largest absolute Gasteiger partial charge is 0.494 e. The molecule has 0 radical (unpaired) electrons. The number of carbonyl (C=O) groups is 4. The summed E-state index contributed by atoms with van der Waals surface area (Å²) in [4.78, 5) is 50.0. The summed E-state index contributed by atoms with van der Waals surface area (Å²) in [6, 6.07) is 6.05. The van der Waals surface area contributed by atoms with E-state index in [0.29, 0.717) is 43.8 Å². The molecule has 0 spiro atoms. The number of hydrogen-bond donors (Lipinski definition) is 4. The van der Waals surface area contributed by atoms with Gasteiger partial charge in [-0.25, -0.2) is 4.79 Å². The molecule has 0 aliphatic carbocycles. The molecule has 0 saturated carbocycles. The predicted octanol–water partition coefficient (Wildman–Crippen LogP) is 6.44. The molecule has 0 aromatic heterocycles. The van der Waals surface area contributed by atoms with E-state index in [9.17, 15) is 29.4 Å². The molecule has 3 atom stereocenters. The number of unbranched alkanes of at least 4 members (excludes halogenated alkanes) is 9. The van der Waals surface area contributed by atoms with Crippen LogP contribution in [-0.4, -0.2) is 52.0 Å². The van der Waals surface area contributed by atoms with Crippen LogP contribution < -0.4 is 15.8 Å². The lowest BCUT2D eigenvalue weighted by atomic mass is 9.82. The number of hydrogen-bond acceptors (Lipinski definition) is 6. The Morgan fingerprint density at radius 3 is 2.02 bits per heavy atom. The summed E-state index contributed by atoms with van der Waals surface area (Å²) in [7, 11) is 0. The molecule has 9 nitrogen and oxygen atoms in total. The highest BCUT2D eigenvalue weighted by molar-refractivity contribution is 5.93. The molecular formula is C36H58N2O7. The van der Waals surface area contributed by atoms with Crippen LogP contribution in [0.5, 0.6) is 5.75 Å². The van der Waals surface area contributed by atoms with Crippen LogP contribution in [-0.2, 0) is 25.6 Å². The van der Waals surface area contributed by atoms with Crippen molar-refractivity contribution in [2.45, 2.75) is 142 Å². The van der Waals surface area contributed by atoms with Crippen molar-refractivity contribution in [2.75, 3.05) is 6.61 Å². The van der Waals surface area contributed by atoms with Gasteiger partial charge in [0.15, 0.2) is 5.60 Å². The number of aliphatic carboxylic acids is 1. The van der Waals surface area contributed by atoms with Crippen molar-refractivity contribution < 1.29 is 34.1 Å². The van der Waals surface area contributed by atoms with Gasteiger partial charge in [0.1, 0.15) is 17.6 Å². The molecule has 45 heavy (non-hydrogen) atoms. The zero-order valence-corrected chi connectivity index (χ0v) is 27.9. The number of carboxylic acid groups (broad SMARTS) is 1. The number of carboxylic acids is 1. The van der Waals surface area contributed by atoms with E-state index in [0.717, 1.165) is 56.9 Å². The zero-order valence-electron chi connectivity index (χ0n) is 27.9. The van der Waals surface area contributed by atoms with Gasteiger partial charge in [0.2, 0.25) is 11.8 Å². The van der Waals surface area contributed by atoms with E-state index in [1.54, 1.807) is 37.3 Å². The number of benzene rings is 1. The molecule has 0 fully saturated rings. The minimum Gasteiger partial charge on any atom is -0.494 e. The predicted molar refractivity (Wildman–Crippen MR) is 178 cm³/mol. The summed E-state index contributed by atoms with van der Waals surface area (Å²) >= 11 is 0. The number of ether oxygens (including phenoxy) is 1. The van der Waals surface area contributed by atoms with Crippen LogP contribution >= 0.6 is 0 Å². The van der Waals surface area contributed by atoms with E-state index in [2.05, 4.69) is 19.2 Å². The lowest BCUT2D eigenvalue weighted by molar-refractivity contribution is -0.167. The highest BCUT2D eigenvalue weighted by Crippen LogP contribution is 2.27. The van der Waals surface area contributed by atoms with E-state index in [-0.39, 0.29) is 12.8 Å². The number of nitrogens with two attached hydrogens (primary N) is 1. The summed E-state index contributed by atoms with van der Waals surface area (Å²) in [5.41, 5.74) is 4.01. The van der Waals surface area contributed by atoms with E-state index in [4.69, 9.17) is 10.5 Å². The topological polar surface area (TPSA) is 156 Å². The van der Waals surface area contributed by atoms with Crippen molar-refractivity contribution in [2.24, 2.45) is 11.7 Å². The first-order chi connectivity index (χ1) is 21.6. The lowest BCUT2D eigenvalue weighted by Gasteiger charge is -2.30. The number of primary amides is 1. The Kier molecular flexibility index (Phi) is 20.5. The molecule has 1 rings (SSSR count). The average Bonchev–Trinajstić information content (AvgIpc) is 3.00. The van der Waals surface area contributed by atoms with Crippen LogP contribution in [0.25, 0.3) is 0 Å². The molecular weight excluding hydrogens is 572 g/mol. The van der Waals surface area contributed by atoms with E-state index < -0.39 is 35.3 Å². The van der Waals surface area contributed by atoms with Gasteiger partial charge < -0.3 is 26.0 Å². The molecule has 0 heterocycles. The normalized spacial score (nSPS) is 14.0. The number of aliphatic hydroxyl groups is 1. The molecule has 2 amide bonds. The number of allylic oxidation sites excluding steroid dienone is 1. The Morgan fingerprint density at radius 2 is 1.47 bits per heavy atom. The quantitative estimate of drug-likeness (QED) is 0.0644. The van der Waals surface area contributed by atoms with Crippen LogP contribution in [0.3, 0.4) is 0 Å². The third-order valence-corrected chi connectivity index (χ3v) is 8.05. The Labute approximate surface area is 270 Å². The molecule has 0 bridgehead atoms. The first-order valence-electron chi connectivity index (χ1n) is 17.0. The van der Waals surface area contributed by atoms with Crippen molar-refractivity contribution >= 4 is 23.6 Å². The molecule has 0 aliphatic heterocycles. The summed E-state index contributed by atoms with van der Waals surface area (Å²) in [5.74, 6) is -3.43. The van der Waals surface area contributed by atoms with Crippen LogP contribution in [0.15, 0.2) is 36.4 Å². The molecule has 254 valence electrons. The van der Waals surface area contributed by atoms with Crippen molar-refractivity contribution in [3.8, 4) is 5.75 Å². The van der Waals surface area contributed by atoms with E-state index in [1.165, 1.54) is 25.3 Å². The average molecular weight is 631 g/mol. The Morgan fingerprint density at radius 1 is 0.867 bits per heavy atom. The SMILES string of the molecule is CCCCCCCC(=O)CCCCCCC=C[C@H](C(=O)N[C@@H](Cc1ccc(OCCCC)cc1)C(N)=O)[C@@](O)(CCC)C(=O)O. The highest BCUT2D eigenvalue weighted by atomic mass is 16.5. The van der Waals surface area contributed by atoms with Gasteiger partial charge in [0.05, 0.1) is 12.5 Å². The Bertz CT molecular complexity index is 1040.